The van der Waals surface area contributed by atoms with Crippen molar-refractivity contribution in [3.8, 4) is 5.75 Å². The molecule has 0 bridgehead atoms. The second-order valence-electron chi connectivity index (χ2n) is 4.59. The zero-order valence-electron chi connectivity index (χ0n) is 12.3. The molecule has 0 spiro atoms. The minimum Gasteiger partial charge on any atom is -0.493 e. The van der Waals surface area contributed by atoms with Crippen LogP contribution in [0.3, 0.4) is 0 Å². The van der Waals surface area contributed by atoms with E-state index in [1.807, 2.05) is 13.8 Å². The second-order valence-corrected chi connectivity index (χ2v) is 4.59. The first kappa shape index (κ1) is 16.4. The fraction of sp³-hybridized carbons (Fsp3) is 0.533. The third-order valence-corrected chi connectivity index (χ3v) is 3.04. The van der Waals surface area contributed by atoms with E-state index in [2.05, 4.69) is 10.6 Å². The number of halogens is 1. The third kappa shape index (κ3) is 5.17. The average molecular weight is 282 g/mol. The first-order valence-electron chi connectivity index (χ1n) is 6.94. The van der Waals surface area contributed by atoms with E-state index < -0.39 is 0 Å². The highest BCUT2D eigenvalue weighted by molar-refractivity contribution is 5.75. The summed E-state index contributed by atoms with van der Waals surface area (Å²) in [4.78, 5) is 11.0. The van der Waals surface area contributed by atoms with Crippen molar-refractivity contribution in [2.24, 2.45) is 0 Å². The lowest BCUT2D eigenvalue weighted by atomic mass is 10.1. The summed E-state index contributed by atoms with van der Waals surface area (Å²) in [6, 6.07) is 4.86. The number of nitrogens with one attached hydrogen (secondary N) is 2. The molecular weight excluding hydrogens is 259 g/mol. The van der Waals surface area contributed by atoms with Crippen molar-refractivity contribution < 1.29 is 13.9 Å². The van der Waals surface area contributed by atoms with Crippen LogP contribution in [0.2, 0.25) is 0 Å². The zero-order valence-corrected chi connectivity index (χ0v) is 12.3. The van der Waals surface area contributed by atoms with Gasteiger partial charge in [-0.15, -0.1) is 0 Å². The van der Waals surface area contributed by atoms with Crippen LogP contribution >= 0.6 is 0 Å². The van der Waals surface area contributed by atoms with Gasteiger partial charge in [0.2, 0.25) is 5.91 Å². The maximum atomic E-state index is 13.9. The number of amides is 1. The predicted molar refractivity (Wildman–Crippen MR) is 77.3 cm³/mol. The molecule has 1 aromatic carbocycles. The van der Waals surface area contributed by atoms with E-state index in [-0.39, 0.29) is 17.8 Å². The lowest BCUT2D eigenvalue weighted by Gasteiger charge is -2.14. The molecule has 0 aliphatic heterocycles. The predicted octanol–water partition coefficient (Wildman–Crippen LogP) is 2.40. The molecule has 1 aromatic rings. The minimum atomic E-state index is -0.276. The van der Waals surface area contributed by atoms with Gasteiger partial charge in [0.15, 0.2) is 0 Å². The van der Waals surface area contributed by atoms with Crippen LogP contribution in [0.5, 0.6) is 5.75 Å². The fourth-order valence-electron chi connectivity index (χ4n) is 1.91. The van der Waals surface area contributed by atoms with Crippen LogP contribution in [0.1, 0.15) is 38.3 Å². The van der Waals surface area contributed by atoms with Gasteiger partial charge in [-0.2, -0.15) is 0 Å². The quantitative estimate of drug-likeness (QED) is 0.720. The van der Waals surface area contributed by atoms with Crippen molar-refractivity contribution in [1.82, 2.24) is 10.6 Å². The van der Waals surface area contributed by atoms with E-state index >= 15 is 0 Å². The molecule has 112 valence electrons. The number of ether oxygens (including phenoxy) is 1. The summed E-state index contributed by atoms with van der Waals surface area (Å²) in [5, 5.41) is 5.71. The standard InChI is InChI=1S/C15H23FN2O2/c1-4-18-11(2)13-8-7-12(10-14(13)16)20-9-5-6-15(19)17-3/h7-8,10-11,18H,4-6,9H2,1-3H3,(H,17,19). The van der Waals surface area contributed by atoms with Crippen molar-refractivity contribution >= 4 is 5.91 Å². The highest BCUT2D eigenvalue weighted by atomic mass is 19.1. The molecule has 1 amide bonds. The van der Waals surface area contributed by atoms with Crippen LogP contribution in [0.15, 0.2) is 18.2 Å². The first-order chi connectivity index (χ1) is 9.58. The Morgan fingerprint density at radius 3 is 2.80 bits per heavy atom. The molecule has 0 aromatic heterocycles. The van der Waals surface area contributed by atoms with Gasteiger partial charge < -0.3 is 15.4 Å². The van der Waals surface area contributed by atoms with Gasteiger partial charge in [0.05, 0.1) is 6.61 Å². The largest absolute Gasteiger partial charge is 0.493 e. The van der Waals surface area contributed by atoms with Gasteiger partial charge in [0.1, 0.15) is 11.6 Å². The van der Waals surface area contributed by atoms with Crippen molar-refractivity contribution in [3.63, 3.8) is 0 Å². The molecule has 1 rings (SSSR count). The van der Waals surface area contributed by atoms with Crippen LogP contribution in [-0.2, 0) is 4.79 Å². The van der Waals surface area contributed by atoms with Crippen molar-refractivity contribution in [1.29, 1.82) is 0 Å². The SMILES string of the molecule is CCNC(C)c1ccc(OCCCC(=O)NC)cc1F. The molecule has 4 nitrogen and oxygen atoms in total. The van der Waals surface area contributed by atoms with E-state index in [0.717, 1.165) is 6.54 Å². The summed E-state index contributed by atoms with van der Waals surface area (Å²) in [7, 11) is 1.60. The van der Waals surface area contributed by atoms with E-state index in [4.69, 9.17) is 4.74 Å². The van der Waals surface area contributed by atoms with Crippen LogP contribution < -0.4 is 15.4 Å². The van der Waals surface area contributed by atoms with Crippen LogP contribution in [0.4, 0.5) is 4.39 Å². The maximum Gasteiger partial charge on any atom is 0.219 e. The summed E-state index contributed by atoms with van der Waals surface area (Å²) in [5.74, 6) is 0.198. The number of carbonyl (C=O) groups excluding carboxylic acids is 1. The molecular formula is C15H23FN2O2. The maximum absolute atomic E-state index is 13.9. The normalized spacial score (nSPS) is 12.0. The monoisotopic (exact) mass is 282 g/mol. The molecule has 0 saturated heterocycles. The fourth-order valence-corrected chi connectivity index (χ4v) is 1.91. The number of hydrogen-bond donors (Lipinski definition) is 2. The molecule has 5 heteroatoms. The topological polar surface area (TPSA) is 50.4 Å². The van der Waals surface area contributed by atoms with Gasteiger partial charge in [-0.05, 0) is 26.0 Å². The average Bonchev–Trinajstić information content (AvgIpc) is 2.43. The molecule has 2 N–H and O–H groups in total. The number of rotatable bonds is 8. The minimum absolute atomic E-state index is 0.0189. The van der Waals surface area contributed by atoms with E-state index in [1.165, 1.54) is 6.07 Å². The molecule has 1 atom stereocenters. The Bertz CT molecular complexity index is 438. The molecule has 0 aliphatic rings. The highest BCUT2D eigenvalue weighted by Gasteiger charge is 2.10. The molecule has 0 fully saturated rings. The summed E-state index contributed by atoms with van der Waals surface area (Å²) in [6.45, 7) is 5.09. The molecule has 20 heavy (non-hydrogen) atoms. The van der Waals surface area contributed by atoms with E-state index in [1.54, 1.807) is 19.2 Å². The molecule has 0 radical (unpaired) electrons. The molecule has 0 saturated carbocycles. The Hall–Kier alpha value is -1.62. The number of hydrogen-bond acceptors (Lipinski definition) is 3. The van der Waals surface area contributed by atoms with Crippen LogP contribution in [-0.4, -0.2) is 26.1 Å². The van der Waals surface area contributed by atoms with Gasteiger partial charge in [0, 0.05) is 31.1 Å². The molecule has 0 heterocycles. The van der Waals surface area contributed by atoms with Gasteiger partial charge >= 0.3 is 0 Å². The van der Waals surface area contributed by atoms with Crippen molar-refractivity contribution in [3.05, 3.63) is 29.6 Å². The van der Waals surface area contributed by atoms with Crippen LogP contribution in [0, 0.1) is 5.82 Å². The van der Waals surface area contributed by atoms with Crippen molar-refractivity contribution in [2.75, 3.05) is 20.2 Å². The van der Waals surface area contributed by atoms with Gasteiger partial charge in [0.25, 0.3) is 0 Å². The van der Waals surface area contributed by atoms with Gasteiger partial charge in [-0.25, -0.2) is 4.39 Å². The second kappa shape index (κ2) is 8.53. The molecule has 0 aliphatic carbocycles. The lowest BCUT2D eigenvalue weighted by molar-refractivity contribution is -0.120. The Morgan fingerprint density at radius 1 is 1.45 bits per heavy atom. The summed E-state index contributed by atoms with van der Waals surface area (Å²) in [6.07, 6.45) is 1.02. The Morgan fingerprint density at radius 2 is 2.20 bits per heavy atom. The van der Waals surface area contributed by atoms with E-state index in [9.17, 15) is 9.18 Å². The van der Waals surface area contributed by atoms with Gasteiger partial charge in [-0.1, -0.05) is 13.0 Å². The Labute approximate surface area is 119 Å². The first-order valence-corrected chi connectivity index (χ1v) is 6.94. The Kier molecular flexibility index (Phi) is 7.01. The summed E-state index contributed by atoms with van der Waals surface area (Å²) < 4.78 is 19.4. The zero-order chi connectivity index (χ0) is 15.0. The number of benzene rings is 1. The highest BCUT2D eigenvalue weighted by Crippen LogP contribution is 2.22. The smallest absolute Gasteiger partial charge is 0.219 e. The van der Waals surface area contributed by atoms with Crippen LogP contribution in [0.25, 0.3) is 0 Å². The molecule has 1 unspecified atom stereocenters. The van der Waals surface area contributed by atoms with E-state index in [0.29, 0.717) is 30.8 Å². The number of carbonyl (C=O) groups is 1. The van der Waals surface area contributed by atoms with Crippen molar-refractivity contribution in [2.45, 2.75) is 32.7 Å². The summed E-state index contributed by atoms with van der Waals surface area (Å²) in [5.41, 5.74) is 0.629. The Balaban J connectivity index is 2.49. The lowest BCUT2D eigenvalue weighted by Crippen LogP contribution is -2.19. The third-order valence-electron chi connectivity index (χ3n) is 3.04. The summed E-state index contributed by atoms with van der Waals surface area (Å²) >= 11 is 0. The van der Waals surface area contributed by atoms with Gasteiger partial charge in [-0.3, -0.25) is 4.79 Å².